The molecule has 0 atom stereocenters. The van der Waals surface area contributed by atoms with Gasteiger partial charge < -0.3 is 19.0 Å². The third-order valence-corrected chi connectivity index (χ3v) is 5.23. The van der Waals surface area contributed by atoms with Gasteiger partial charge in [-0.05, 0) is 24.3 Å². The second kappa shape index (κ2) is 6.76. The number of thiazole rings is 1. The predicted molar refractivity (Wildman–Crippen MR) is 93.1 cm³/mol. The van der Waals surface area contributed by atoms with Gasteiger partial charge in [-0.2, -0.15) is 0 Å². The zero-order valence-corrected chi connectivity index (χ0v) is 14.7. The fourth-order valence-corrected chi connectivity index (χ4v) is 3.93. The Labute approximate surface area is 155 Å². The molecule has 0 spiro atoms. The van der Waals surface area contributed by atoms with Crippen LogP contribution in [0.5, 0.6) is 5.75 Å². The molecule has 0 saturated carbocycles. The van der Waals surface area contributed by atoms with E-state index >= 15 is 0 Å². The predicted octanol–water partition coefficient (Wildman–Crippen LogP) is 3.75. The zero-order chi connectivity index (χ0) is 19.0. The second-order valence-corrected chi connectivity index (χ2v) is 6.94. The van der Waals surface area contributed by atoms with Gasteiger partial charge in [0.05, 0.1) is 16.5 Å². The molecule has 2 aromatic heterocycles. The van der Waals surface area contributed by atoms with Crippen LogP contribution in [-0.2, 0) is 0 Å². The van der Waals surface area contributed by atoms with Gasteiger partial charge in [-0.15, -0.1) is 13.2 Å². The molecule has 6 nitrogen and oxygen atoms in total. The number of benzene rings is 1. The first-order valence-electron chi connectivity index (χ1n) is 8.13. The molecule has 1 saturated heterocycles. The van der Waals surface area contributed by atoms with Gasteiger partial charge in [-0.25, -0.2) is 4.98 Å². The van der Waals surface area contributed by atoms with Crippen molar-refractivity contribution in [1.29, 1.82) is 0 Å². The number of hydrogen-bond donors (Lipinski definition) is 0. The van der Waals surface area contributed by atoms with Crippen molar-refractivity contribution in [2.24, 2.45) is 0 Å². The third kappa shape index (κ3) is 3.85. The number of hydrogen-bond acceptors (Lipinski definition) is 6. The molecule has 142 valence electrons. The Balaban J connectivity index is 1.45. The highest BCUT2D eigenvalue weighted by atomic mass is 32.1. The molecule has 1 aliphatic rings. The lowest BCUT2D eigenvalue weighted by Gasteiger charge is -2.34. The molecule has 1 amide bonds. The Hall–Kier alpha value is -2.75. The number of rotatable bonds is 3. The highest BCUT2D eigenvalue weighted by molar-refractivity contribution is 7.22. The van der Waals surface area contributed by atoms with E-state index in [1.54, 1.807) is 17.0 Å². The van der Waals surface area contributed by atoms with E-state index in [1.165, 1.54) is 35.8 Å². The quantitative estimate of drug-likeness (QED) is 0.674. The van der Waals surface area contributed by atoms with Gasteiger partial charge in [-0.3, -0.25) is 4.79 Å². The van der Waals surface area contributed by atoms with Crippen LogP contribution in [0.3, 0.4) is 0 Å². The van der Waals surface area contributed by atoms with Crippen LogP contribution < -0.4 is 9.64 Å². The summed E-state index contributed by atoms with van der Waals surface area (Å²) in [7, 11) is 0. The number of alkyl halides is 3. The number of aromatic nitrogens is 1. The molecule has 1 aliphatic heterocycles. The van der Waals surface area contributed by atoms with Gasteiger partial charge >= 0.3 is 6.36 Å². The number of carbonyl (C=O) groups is 1. The highest BCUT2D eigenvalue weighted by Crippen LogP contribution is 2.33. The normalized spacial score (nSPS) is 15.4. The van der Waals surface area contributed by atoms with Crippen molar-refractivity contribution >= 4 is 32.6 Å². The van der Waals surface area contributed by atoms with Gasteiger partial charge in [0, 0.05) is 32.2 Å². The summed E-state index contributed by atoms with van der Waals surface area (Å²) in [5, 5.41) is 0.708. The Bertz CT molecular complexity index is 947. The molecule has 0 radical (unpaired) electrons. The fraction of sp³-hybridized carbons (Fsp3) is 0.294. The summed E-state index contributed by atoms with van der Waals surface area (Å²) in [6, 6.07) is 7.39. The number of fused-ring (bicyclic) bond motifs is 1. The average Bonchev–Trinajstić information content (AvgIpc) is 3.29. The lowest BCUT2D eigenvalue weighted by molar-refractivity contribution is -0.274. The van der Waals surface area contributed by atoms with E-state index in [0.29, 0.717) is 47.3 Å². The van der Waals surface area contributed by atoms with Gasteiger partial charge in [0.2, 0.25) is 0 Å². The molecule has 0 bridgehead atoms. The Morgan fingerprint density at radius 1 is 1.19 bits per heavy atom. The van der Waals surface area contributed by atoms with Crippen LogP contribution in [0.4, 0.5) is 18.3 Å². The number of anilines is 1. The summed E-state index contributed by atoms with van der Waals surface area (Å²) in [6.45, 7) is 2.19. The van der Waals surface area contributed by atoms with Crippen molar-refractivity contribution in [3.05, 3.63) is 42.4 Å². The summed E-state index contributed by atoms with van der Waals surface area (Å²) in [5.41, 5.74) is 0.610. The minimum atomic E-state index is -4.72. The van der Waals surface area contributed by atoms with E-state index in [9.17, 15) is 18.0 Å². The molecular weight excluding hydrogens is 383 g/mol. The van der Waals surface area contributed by atoms with Crippen molar-refractivity contribution in [3.63, 3.8) is 0 Å². The van der Waals surface area contributed by atoms with Gasteiger partial charge in [-0.1, -0.05) is 11.3 Å². The van der Waals surface area contributed by atoms with Gasteiger partial charge in [0.25, 0.3) is 5.91 Å². The standard InChI is InChI=1S/C17H14F3N3O3S/c18-17(19,20)26-11-3-4-12-14(10-11)27-16(21-12)23-7-5-22(6-8-23)15(24)13-2-1-9-25-13/h1-4,9-10H,5-8H2. The molecule has 0 unspecified atom stereocenters. The number of furan rings is 1. The molecule has 0 N–H and O–H groups in total. The third-order valence-electron chi connectivity index (χ3n) is 4.15. The zero-order valence-electron chi connectivity index (χ0n) is 13.9. The first-order valence-corrected chi connectivity index (χ1v) is 8.95. The lowest BCUT2D eigenvalue weighted by atomic mass is 10.3. The number of ether oxygens (including phenoxy) is 1. The maximum atomic E-state index is 12.4. The minimum Gasteiger partial charge on any atom is -0.459 e. The minimum absolute atomic E-state index is 0.155. The maximum Gasteiger partial charge on any atom is 0.573 e. The van der Waals surface area contributed by atoms with E-state index < -0.39 is 6.36 Å². The summed E-state index contributed by atoms with van der Waals surface area (Å²) < 4.78 is 46.8. The van der Waals surface area contributed by atoms with Crippen LogP contribution in [0.2, 0.25) is 0 Å². The molecule has 1 fully saturated rings. The van der Waals surface area contributed by atoms with Crippen LogP contribution in [-0.4, -0.2) is 48.3 Å². The molecule has 27 heavy (non-hydrogen) atoms. The van der Waals surface area contributed by atoms with E-state index in [2.05, 4.69) is 9.72 Å². The van der Waals surface area contributed by atoms with E-state index in [0.717, 1.165) is 0 Å². The van der Waals surface area contributed by atoms with E-state index in [-0.39, 0.29) is 11.7 Å². The summed E-state index contributed by atoms with van der Waals surface area (Å²) in [6.07, 6.45) is -3.26. The van der Waals surface area contributed by atoms with Gasteiger partial charge in [0.15, 0.2) is 10.9 Å². The highest BCUT2D eigenvalue weighted by Gasteiger charge is 2.31. The summed E-state index contributed by atoms with van der Waals surface area (Å²) in [5.74, 6) is -0.113. The Morgan fingerprint density at radius 2 is 1.96 bits per heavy atom. The van der Waals surface area contributed by atoms with Gasteiger partial charge in [0.1, 0.15) is 5.75 Å². The Morgan fingerprint density at radius 3 is 2.63 bits per heavy atom. The largest absolute Gasteiger partial charge is 0.573 e. The van der Waals surface area contributed by atoms with Crippen molar-refractivity contribution in [2.75, 3.05) is 31.1 Å². The number of amides is 1. The Kier molecular flexibility index (Phi) is 4.42. The SMILES string of the molecule is O=C(c1ccco1)N1CCN(c2nc3ccc(OC(F)(F)F)cc3s2)CC1. The number of halogens is 3. The van der Waals surface area contributed by atoms with Crippen LogP contribution >= 0.6 is 11.3 Å². The monoisotopic (exact) mass is 397 g/mol. The summed E-state index contributed by atoms with van der Waals surface area (Å²) in [4.78, 5) is 20.5. The van der Waals surface area contributed by atoms with Crippen LogP contribution in [0.15, 0.2) is 41.0 Å². The van der Waals surface area contributed by atoms with Crippen LogP contribution in [0.25, 0.3) is 10.2 Å². The molecule has 0 aliphatic carbocycles. The smallest absolute Gasteiger partial charge is 0.459 e. The first kappa shape index (κ1) is 17.7. The number of piperazine rings is 1. The average molecular weight is 397 g/mol. The summed E-state index contributed by atoms with van der Waals surface area (Å²) >= 11 is 1.30. The first-order chi connectivity index (χ1) is 12.9. The number of carbonyl (C=O) groups excluding carboxylic acids is 1. The topological polar surface area (TPSA) is 58.8 Å². The molecular formula is C17H14F3N3O3S. The van der Waals surface area contributed by atoms with E-state index in [1.807, 2.05) is 4.90 Å². The molecule has 3 aromatic rings. The van der Waals surface area contributed by atoms with Crippen LogP contribution in [0, 0.1) is 0 Å². The van der Waals surface area contributed by atoms with Crippen molar-refractivity contribution in [2.45, 2.75) is 6.36 Å². The molecule has 10 heteroatoms. The van der Waals surface area contributed by atoms with E-state index in [4.69, 9.17) is 4.42 Å². The molecule has 4 rings (SSSR count). The van der Waals surface area contributed by atoms with Crippen molar-refractivity contribution in [3.8, 4) is 5.75 Å². The molecule has 1 aromatic carbocycles. The molecule has 3 heterocycles. The fourth-order valence-electron chi connectivity index (χ4n) is 2.88. The lowest BCUT2D eigenvalue weighted by Crippen LogP contribution is -2.48. The van der Waals surface area contributed by atoms with Crippen molar-refractivity contribution in [1.82, 2.24) is 9.88 Å². The maximum absolute atomic E-state index is 12.4. The number of nitrogens with zero attached hydrogens (tertiary/aromatic N) is 3. The van der Waals surface area contributed by atoms with Crippen LogP contribution in [0.1, 0.15) is 10.6 Å². The van der Waals surface area contributed by atoms with Crippen molar-refractivity contribution < 1.29 is 27.1 Å². The second-order valence-electron chi connectivity index (χ2n) is 5.93.